The average Bonchev–Trinajstić information content (AvgIpc) is 3.37. The van der Waals surface area contributed by atoms with Crippen LogP contribution in [0.4, 0.5) is 4.39 Å². The lowest BCUT2D eigenvalue weighted by Crippen LogP contribution is -2.36. The number of amides is 1. The van der Waals surface area contributed by atoms with Crippen LogP contribution >= 0.6 is 0 Å². The molecule has 2 aliphatic heterocycles. The van der Waals surface area contributed by atoms with Crippen LogP contribution in [0, 0.1) is 19.7 Å². The molecule has 1 saturated heterocycles. The number of carbonyl (C=O) groups excluding carboxylic acids is 1. The minimum atomic E-state index is -0.443. The van der Waals surface area contributed by atoms with Crippen molar-refractivity contribution in [1.29, 1.82) is 0 Å². The van der Waals surface area contributed by atoms with Gasteiger partial charge in [0.05, 0.1) is 5.69 Å². The van der Waals surface area contributed by atoms with E-state index in [0.717, 1.165) is 42.1 Å². The first-order chi connectivity index (χ1) is 13.4. The molecule has 0 saturated carbocycles. The second-order valence-electron chi connectivity index (χ2n) is 7.56. The maximum absolute atomic E-state index is 13.0. The number of aromatic nitrogens is 1. The lowest BCUT2D eigenvalue weighted by molar-refractivity contribution is -0.115. The quantitative estimate of drug-likeness (QED) is 0.854. The van der Waals surface area contributed by atoms with Crippen LogP contribution in [0.1, 0.15) is 35.4 Å². The number of carbonyl (C=O) groups is 1. The van der Waals surface area contributed by atoms with Crippen LogP contribution in [0.5, 0.6) is 0 Å². The Kier molecular flexibility index (Phi) is 4.89. The summed E-state index contributed by atoms with van der Waals surface area (Å²) in [7, 11) is 0. The Morgan fingerprint density at radius 2 is 2.11 bits per heavy atom. The number of rotatable bonds is 5. The molecule has 1 amide bonds. The van der Waals surface area contributed by atoms with E-state index in [1.807, 2.05) is 13.8 Å². The molecule has 1 aromatic carbocycles. The van der Waals surface area contributed by atoms with E-state index in [2.05, 4.69) is 20.5 Å². The number of hydrogen-bond donors (Lipinski definition) is 1. The Bertz CT molecular complexity index is 889. The molecule has 7 nitrogen and oxygen atoms in total. The third kappa shape index (κ3) is 3.77. The standard InChI is InChI=1S/C20H23FN4O3/c1-13-17(14(2)27-23-13)11-25-8-7-20(12-25)9-18(24-28-20)19(26)22-10-15-3-5-16(21)6-4-15/h3-6H,7-12H2,1-2H3,(H,22,26)/t20-/m0/s1. The highest BCUT2D eigenvalue weighted by Gasteiger charge is 2.46. The maximum Gasteiger partial charge on any atom is 0.269 e. The predicted molar refractivity (Wildman–Crippen MR) is 100.0 cm³/mol. The van der Waals surface area contributed by atoms with Gasteiger partial charge in [0, 0.05) is 44.6 Å². The number of halogens is 1. The topological polar surface area (TPSA) is 80.0 Å². The van der Waals surface area contributed by atoms with Gasteiger partial charge in [-0.2, -0.15) is 0 Å². The molecule has 1 N–H and O–H groups in total. The number of benzene rings is 1. The Morgan fingerprint density at radius 1 is 1.32 bits per heavy atom. The second-order valence-corrected chi connectivity index (χ2v) is 7.56. The summed E-state index contributed by atoms with van der Waals surface area (Å²) in [6.45, 7) is 6.50. The van der Waals surface area contributed by atoms with Crippen LogP contribution in [-0.2, 0) is 22.7 Å². The SMILES string of the molecule is Cc1noc(C)c1CN1CC[C@]2(CC(C(=O)NCc3ccc(F)cc3)=NO2)C1. The molecule has 28 heavy (non-hydrogen) atoms. The highest BCUT2D eigenvalue weighted by atomic mass is 19.1. The monoisotopic (exact) mass is 386 g/mol. The van der Waals surface area contributed by atoms with E-state index in [9.17, 15) is 9.18 Å². The highest BCUT2D eigenvalue weighted by molar-refractivity contribution is 6.39. The molecule has 0 unspecified atom stereocenters. The third-order valence-corrected chi connectivity index (χ3v) is 5.43. The van der Waals surface area contributed by atoms with Crippen molar-refractivity contribution in [3.05, 3.63) is 52.7 Å². The van der Waals surface area contributed by atoms with E-state index in [4.69, 9.17) is 9.36 Å². The van der Waals surface area contributed by atoms with E-state index in [-0.39, 0.29) is 11.7 Å². The van der Waals surface area contributed by atoms with E-state index in [1.54, 1.807) is 12.1 Å². The molecule has 0 bridgehead atoms. The van der Waals surface area contributed by atoms with Crippen LogP contribution < -0.4 is 5.32 Å². The zero-order chi connectivity index (χ0) is 19.7. The van der Waals surface area contributed by atoms with Crippen molar-refractivity contribution in [3.8, 4) is 0 Å². The van der Waals surface area contributed by atoms with Crippen LogP contribution in [0.3, 0.4) is 0 Å². The van der Waals surface area contributed by atoms with Crippen molar-refractivity contribution in [2.24, 2.45) is 5.16 Å². The van der Waals surface area contributed by atoms with Gasteiger partial charge in [-0.3, -0.25) is 9.69 Å². The number of aryl methyl sites for hydroxylation is 2. The molecule has 1 atom stereocenters. The Hall–Kier alpha value is -2.74. The summed E-state index contributed by atoms with van der Waals surface area (Å²) < 4.78 is 18.2. The Morgan fingerprint density at radius 3 is 2.82 bits per heavy atom. The van der Waals surface area contributed by atoms with Crippen LogP contribution in [0.2, 0.25) is 0 Å². The molecule has 8 heteroatoms. The fourth-order valence-corrected chi connectivity index (χ4v) is 3.76. The highest BCUT2D eigenvalue weighted by Crippen LogP contribution is 2.35. The largest absolute Gasteiger partial charge is 0.387 e. The van der Waals surface area contributed by atoms with Crippen molar-refractivity contribution < 1.29 is 18.5 Å². The first-order valence-electron chi connectivity index (χ1n) is 9.36. The molecular weight excluding hydrogens is 363 g/mol. The molecule has 3 heterocycles. The summed E-state index contributed by atoms with van der Waals surface area (Å²) in [4.78, 5) is 20.4. The Labute approximate surface area is 162 Å². The van der Waals surface area contributed by atoms with Crippen molar-refractivity contribution in [1.82, 2.24) is 15.4 Å². The molecule has 0 radical (unpaired) electrons. The number of nitrogens with zero attached hydrogens (tertiary/aromatic N) is 3. The van der Waals surface area contributed by atoms with E-state index in [1.165, 1.54) is 12.1 Å². The van der Waals surface area contributed by atoms with Crippen molar-refractivity contribution in [2.45, 2.75) is 45.4 Å². The van der Waals surface area contributed by atoms with Crippen LogP contribution in [-0.4, -0.2) is 40.4 Å². The van der Waals surface area contributed by atoms with Gasteiger partial charge in [-0.15, -0.1) is 0 Å². The van der Waals surface area contributed by atoms with Gasteiger partial charge >= 0.3 is 0 Å². The summed E-state index contributed by atoms with van der Waals surface area (Å²) in [5, 5.41) is 10.9. The lowest BCUT2D eigenvalue weighted by atomic mass is 9.96. The molecule has 0 aliphatic carbocycles. The van der Waals surface area contributed by atoms with Crippen molar-refractivity contribution in [2.75, 3.05) is 13.1 Å². The summed E-state index contributed by atoms with van der Waals surface area (Å²) >= 11 is 0. The molecule has 148 valence electrons. The van der Waals surface area contributed by atoms with Gasteiger partial charge in [0.25, 0.3) is 5.91 Å². The number of likely N-dealkylation sites (tertiary alicyclic amines) is 1. The second kappa shape index (κ2) is 7.35. The molecule has 1 spiro atoms. The summed E-state index contributed by atoms with van der Waals surface area (Å²) in [5.74, 6) is 0.293. The molecule has 1 fully saturated rings. The number of oxime groups is 1. The average molecular weight is 386 g/mol. The minimum absolute atomic E-state index is 0.245. The fourth-order valence-electron chi connectivity index (χ4n) is 3.76. The minimum Gasteiger partial charge on any atom is -0.387 e. The van der Waals surface area contributed by atoms with E-state index in [0.29, 0.717) is 25.2 Å². The Balaban J connectivity index is 1.30. The van der Waals surface area contributed by atoms with Crippen molar-refractivity contribution >= 4 is 11.6 Å². The molecular formula is C20H23FN4O3. The molecule has 4 rings (SSSR count). The lowest BCUT2D eigenvalue weighted by Gasteiger charge is -2.21. The normalized spacial score (nSPS) is 21.8. The maximum atomic E-state index is 13.0. The van der Waals surface area contributed by atoms with Gasteiger partial charge in [0.15, 0.2) is 5.60 Å². The van der Waals surface area contributed by atoms with Gasteiger partial charge in [-0.05, 0) is 31.5 Å². The summed E-state index contributed by atoms with van der Waals surface area (Å²) in [6, 6.07) is 6.04. The van der Waals surface area contributed by atoms with Gasteiger partial charge in [0.2, 0.25) is 0 Å². The van der Waals surface area contributed by atoms with Gasteiger partial charge in [-0.25, -0.2) is 4.39 Å². The van der Waals surface area contributed by atoms with Crippen LogP contribution in [0.15, 0.2) is 33.9 Å². The predicted octanol–water partition coefficient (Wildman–Crippen LogP) is 2.47. The van der Waals surface area contributed by atoms with Crippen molar-refractivity contribution in [3.63, 3.8) is 0 Å². The van der Waals surface area contributed by atoms with Gasteiger partial charge in [0.1, 0.15) is 17.3 Å². The first kappa shape index (κ1) is 18.6. The van der Waals surface area contributed by atoms with Gasteiger partial charge < -0.3 is 14.7 Å². The zero-order valence-corrected chi connectivity index (χ0v) is 16.0. The third-order valence-electron chi connectivity index (χ3n) is 5.43. The summed E-state index contributed by atoms with van der Waals surface area (Å²) in [6.07, 6.45) is 1.30. The number of nitrogens with one attached hydrogen (secondary N) is 1. The molecule has 2 aliphatic rings. The van der Waals surface area contributed by atoms with E-state index >= 15 is 0 Å². The molecule has 1 aromatic heterocycles. The summed E-state index contributed by atoms with van der Waals surface area (Å²) in [5.41, 5.74) is 2.80. The van der Waals surface area contributed by atoms with E-state index < -0.39 is 5.60 Å². The molecule has 2 aromatic rings. The number of hydrogen-bond acceptors (Lipinski definition) is 6. The smallest absolute Gasteiger partial charge is 0.269 e. The zero-order valence-electron chi connectivity index (χ0n) is 16.0. The fraction of sp³-hybridized carbons (Fsp3) is 0.450. The van der Waals surface area contributed by atoms with Crippen LogP contribution in [0.25, 0.3) is 0 Å². The first-order valence-corrected chi connectivity index (χ1v) is 9.36. The van der Waals surface area contributed by atoms with Gasteiger partial charge in [-0.1, -0.05) is 22.4 Å².